The van der Waals surface area contributed by atoms with Gasteiger partial charge in [0.1, 0.15) is 0 Å². The molecule has 1 N–H and O–H groups in total. The molecule has 0 amide bonds. The second-order valence-corrected chi connectivity index (χ2v) is 5.59. The van der Waals surface area contributed by atoms with Gasteiger partial charge in [0.2, 0.25) is 0 Å². The maximum Gasteiger partial charge on any atom is 0.0639 e. The minimum absolute atomic E-state index is 0.411. The molecule has 0 aliphatic heterocycles. The van der Waals surface area contributed by atoms with Crippen LogP contribution in [0.2, 0.25) is 0 Å². The van der Waals surface area contributed by atoms with E-state index in [9.17, 15) is 0 Å². The standard InChI is InChI=1S/C17H28N4/c1-5-9-18-14(4)15-8-10-20(12-15)13-17-11-16(6-2)19-21(17)7-3/h8,10-12,14,18H,5-7,9,13H2,1-4H3. The molecule has 0 bridgehead atoms. The monoisotopic (exact) mass is 288 g/mol. The van der Waals surface area contributed by atoms with Crippen molar-refractivity contribution in [3.63, 3.8) is 0 Å². The molecule has 4 heteroatoms. The van der Waals surface area contributed by atoms with Crippen LogP contribution in [0.4, 0.5) is 0 Å². The Morgan fingerprint density at radius 1 is 1.29 bits per heavy atom. The highest BCUT2D eigenvalue weighted by Crippen LogP contribution is 2.15. The fraction of sp³-hybridized carbons (Fsp3) is 0.588. The molecule has 0 fully saturated rings. The highest BCUT2D eigenvalue weighted by Gasteiger charge is 2.09. The lowest BCUT2D eigenvalue weighted by Gasteiger charge is -2.11. The number of hydrogen-bond donors (Lipinski definition) is 1. The van der Waals surface area contributed by atoms with Crippen molar-refractivity contribution in [1.82, 2.24) is 19.7 Å². The van der Waals surface area contributed by atoms with Crippen LogP contribution in [-0.2, 0) is 19.5 Å². The van der Waals surface area contributed by atoms with Crippen molar-refractivity contribution < 1.29 is 0 Å². The molecule has 21 heavy (non-hydrogen) atoms. The van der Waals surface area contributed by atoms with Crippen LogP contribution in [-0.4, -0.2) is 20.9 Å². The summed E-state index contributed by atoms with van der Waals surface area (Å²) in [4.78, 5) is 0. The maximum absolute atomic E-state index is 4.62. The Labute approximate surface area is 128 Å². The summed E-state index contributed by atoms with van der Waals surface area (Å²) < 4.78 is 4.36. The van der Waals surface area contributed by atoms with Crippen LogP contribution in [0, 0.1) is 0 Å². The topological polar surface area (TPSA) is 34.8 Å². The van der Waals surface area contributed by atoms with Crippen LogP contribution in [0.15, 0.2) is 24.5 Å². The van der Waals surface area contributed by atoms with Gasteiger partial charge in [-0.3, -0.25) is 4.68 Å². The summed E-state index contributed by atoms with van der Waals surface area (Å²) in [6, 6.07) is 4.84. The van der Waals surface area contributed by atoms with Gasteiger partial charge in [0, 0.05) is 25.0 Å². The molecule has 1 atom stereocenters. The molecule has 1 unspecified atom stereocenters. The van der Waals surface area contributed by atoms with Crippen molar-refractivity contribution in [2.45, 2.75) is 59.7 Å². The third-order valence-corrected chi connectivity index (χ3v) is 3.89. The highest BCUT2D eigenvalue weighted by atomic mass is 15.3. The molecule has 4 nitrogen and oxygen atoms in total. The van der Waals surface area contributed by atoms with E-state index in [4.69, 9.17) is 0 Å². The molecule has 0 aromatic carbocycles. The lowest BCUT2D eigenvalue weighted by molar-refractivity contribution is 0.567. The Morgan fingerprint density at radius 2 is 2.10 bits per heavy atom. The van der Waals surface area contributed by atoms with Gasteiger partial charge < -0.3 is 9.88 Å². The summed E-state index contributed by atoms with van der Waals surface area (Å²) in [6.45, 7) is 11.6. The number of aromatic nitrogens is 3. The number of aryl methyl sites for hydroxylation is 2. The maximum atomic E-state index is 4.62. The van der Waals surface area contributed by atoms with Gasteiger partial charge in [-0.15, -0.1) is 0 Å². The third kappa shape index (κ3) is 3.97. The molecule has 0 saturated carbocycles. The predicted octanol–water partition coefficient (Wildman–Crippen LogP) is 3.38. The Hall–Kier alpha value is -1.55. The Balaban J connectivity index is 2.06. The van der Waals surface area contributed by atoms with E-state index in [1.54, 1.807) is 0 Å². The Kier molecular flexibility index (Phi) is 5.62. The van der Waals surface area contributed by atoms with Gasteiger partial charge in [-0.05, 0) is 50.9 Å². The molecule has 2 heterocycles. The molecule has 0 aliphatic rings. The minimum atomic E-state index is 0.411. The van der Waals surface area contributed by atoms with Gasteiger partial charge in [0.15, 0.2) is 0 Å². The van der Waals surface area contributed by atoms with Crippen molar-refractivity contribution in [2.75, 3.05) is 6.54 Å². The Bertz CT molecular complexity index is 553. The summed E-state index contributed by atoms with van der Waals surface area (Å²) in [6.07, 6.45) is 6.57. The van der Waals surface area contributed by atoms with Gasteiger partial charge >= 0.3 is 0 Å². The smallest absolute Gasteiger partial charge is 0.0639 e. The van der Waals surface area contributed by atoms with Gasteiger partial charge in [0.25, 0.3) is 0 Å². The summed E-state index contributed by atoms with van der Waals surface area (Å²) >= 11 is 0. The van der Waals surface area contributed by atoms with E-state index in [1.165, 1.54) is 23.4 Å². The molecule has 2 rings (SSSR count). The van der Waals surface area contributed by atoms with Crippen LogP contribution < -0.4 is 5.32 Å². The first kappa shape index (κ1) is 15.8. The first-order chi connectivity index (χ1) is 10.2. The molecule has 116 valence electrons. The minimum Gasteiger partial charge on any atom is -0.348 e. The Morgan fingerprint density at radius 3 is 2.76 bits per heavy atom. The number of hydrogen-bond acceptors (Lipinski definition) is 2. The third-order valence-electron chi connectivity index (χ3n) is 3.89. The first-order valence-corrected chi connectivity index (χ1v) is 8.12. The number of rotatable bonds is 8. The molecule has 0 spiro atoms. The van der Waals surface area contributed by atoms with Crippen LogP contribution in [0.3, 0.4) is 0 Å². The van der Waals surface area contributed by atoms with Crippen LogP contribution in [0.5, 0.6) is 0 Å². The lowest BCUT2D eigenvalue weighted by Crippen LogP contribution is -2.18. The highest BCUT2D eigenvalue weighted by molar-refractivity contribution is 5.17. The first-order valence-electron chi connectivity index (χ1n) is 8.12. The summed E-state index contributed by atoms with van der Waals surface area (Å²) in [5.41, 5.74) is 3.81. The van der Waals surface area contributed by atoms with E-state index >= 15 is 0 Å². The summed E-state index contributed by atoms with van der Waals surface area (Å²) in [5, 5.41) is 8.15. The quantitative estimate of drug-likeness (QED) is 0.808. The van der Waals surface area contributed by atoms with Gasteiger partial charge in [-0.2, -0.15) is 5.10 Å². The van der Waals surface area contributed by atoms with E-state index in [-0.39, 0.29) is 0 Å². The van der Waals surface area contributed by atoms with Crippen molar-refractivity contribution in [3.8, 4) is 0 Å². The van der Waals surface area contributed by atoms with Crippen molar-refractivity contribution >= 4 is 0 Å². The zero-order valence-corrected chi connectivity index (χ0v) is 13.8. The van der Waals surface area contributed by atoms with Gasteiger partial charge in [-0.1, -0.05) is 13.8 Å². The molecule has 0 radical (unpaired) electrons. The average Bonchev–Trinajstić information content (AvgIpc) is 3.11. The second-order valence-electron chi connectivity index (χ2n) is 5.59. The van der Waals surface area contributed by atoms with Gasteiger partial charge in [0.05, 0.1) is 17.9 Å². The van der Waals surface area contributed by atoms with E-state index < -0.39 is 0 Å². The van der Waals surface area contributed by atoms with Gasteiger partial charge in [-0.25, -0.2) is 0 Å². The SMILES string of the molecule is CCCNC(C)c1ccn(Cc2cc(CC)nn2CC)c1. The lowest BCUT2D eigenvalue weighted by atomic mass is 10.2. The number of nitrogens with one attached hydrogen (secondary N) is 1. The van der Waals surface area contributed by atoms with E-state index in [2.05, 4.69) is 71.9 Å². The van der Waals surface area contributed by atoms with E-state index in [1.807, 2.05) is 0 Å². The van der Waals surface area contributed by atoms with Crippen molar-refractivity contribution in [2.24, 2.45) is 0 Å². The van der Waals surface area contributed by atoms with Crippen LogP contribution in [0.25, 0.3) is 0 Å². The molecular formula is C17H28N4. The molecule has 2 aromatic rings. The van der Waals surface area contributed by atoms with E-state index in [0.717, 1.165) is 26.1 Å². The van der Waals surface area contributed by atoms with Crippen molar-refractivity contribution in [3.05, 3.63) is 41.5 Å². The zero-order valence-electron chi connectivity index (χ0n) is 13.8. The molecular weight excluding hydrogens is 260 g/mol. The average molecular weight is 288 g/mol. The van der Waals surface area contributed by atoms with Crippen LogP contribution in [0.1, 0.15) is 57.1 Å². The largest absolute Gasteiger partial charge is 0.348 e. The van der Waals surface area contributed by atoms with E-state index in [0.29, 0.717) is 6.04 Å². The zero-order chi connectivity index (χ0) is 15.2. The summed E-state index contributed by atoms with van der Waals surface area (Å²) in [5.74, 6) is 0. The number of nitrogens with zero attached hydrogens (tertiary/aromatic N) is 3. The molecule has 2 aromatic heterocycles. The normalized spacial score (nSPS) is 12.8. The van der Waals surface area contributed by atoms with Crippen molar-refractivity contribution in [1.29, 1.82) is 0 Å². The fourth-order valence-electron chi connectivity index (χ4n) is 2.57. The predicted molar refractivity (Wildman–Crippen MR) is 87.5 cm³/mol. The molecule has 0 saturated heterocycles. The summed E-state index contributed by atoms with van der Waals surface area (Å²) in [7, 11) is 0. The fourth-order valence-corrected chi connectivity index (χ4v) is 2.57. The van der Waals surface area contributed by atoms with Crippen LogP contribution >= 0.6 is 0 Å². The molecule has 0 aliphatic carbocycles. The second kappa shape index (κ2) is 7.46.